The van der Waals surface area contributed by atoms with Crippen LogP contribution in [0.3, 0.4) is 0 Å². The van der Waals surface area contributed by atoms with Crippen molar-refractivity contribution in [2.75, 3.05) is 0 Å². The van der Waals surface area contributed by atoms with E-state index in [-0.39, 0.29) is 18.1 Å². The van der Waals surface area contributed by atoms with Gasteiger partial charge in [0.1, 0.15) is 5.01 Å². The van der Waals surface area contributed by atoms with Crippen LogP contribution in [0.4, 0.5) is 4.79 Å². The molecule has 110 valence electrons. The van der Waals surface area contributed by atoms with Crippen LogP contribution in [0.15, 0.2) is 30.5 Å². The van der Waals surface area contributed by atoms with Crippen LogP contribution in [-0.2, 0) is 12.8 Å². The molecule has 2 N–H and O–H groups in total. The molecule has 0 aliphatic heterocycles. The lowest BCUT2D eigenvalue weighted by atomic mass is 10.1. The molecule has 2 aromatic rings. The lowest BCUT2D eigenvalue weighted by Gasteiger charge is -2.16. The average molecular weight is 301 g/mol. The largest absolute Gasteiger partial charge is 0.335 e. The number of benzene rings is 1. The highest BCUT2D eigenvalue weighted by molar-refractivity contribution is 7.11. The van der Waals surface area contributed by atoms with E-state index in [0.29, 0.717) is 0 Å². The third-order valence-electron chi connectivity index (χ3n) is 3.74. The molecule has 0 fully saturated rings. The summed E-state index contributed by atoms with van der Waals surface area (Å²) in [4.78, 5) is 17.6. The minimum atomic E-state index is -0.117. The van der Waals surface area contributed by atoms with E-state index in [1.54, 1.807) is 11.3 Å². The van der Waals surface area contributed by atoms with Crippen molar-refractivity contribution >= 4 is 17.4 Å². The van der Waals surface area contributed by atoms with Crippen molar-refractivity contribution in [1.82, 2.24) is 15.6 Å². The van der Waals surface area contributed by atoms with E-state index in [9.17, 15) is 4.79 Å². The highest BCUT2D eigenvalue weighted by Crippen LogP contribution is 2.22. The van der Waals surface area contributed by atoms with Crippen molar-refractivity contribution in [3.63, 3.8) is 0 Å². The number of thiazole rings is 1. The molecule has 1 heterocycles. The Morgan fingerprint density at radius 1 is 1.33 bits per heavy atom. The van der Waals surface area contributed by atoms with Gasteiger partial charge in [-0.25, -0.2) is 9.78 Å². The van der Waals surface area contributed by atoms with Crippen molar-refractivity contribution in [3.8, 4) is 0 Å². The molecular formula is C16H19N3OS. The smallest absolute Gasteiger partial charge is 0.315 e. The Morgan fingerprint density at radius 2 is 2.00 bits per heavy atom. The van der Waals surface area contributed by atoms with Gasteiger partial charge in [0, 0.05) is 17.1 Å². The zero-order chi connectivity index (χ0) is 14.8. The minimum absolute atomic E-state index is 0.0625. The molecule has 4 nitrogen and oxygen atoms in total. The zero-order valence-corrected chi connectivity index (χ0v) is 13.0. The predicted octanol–water partition coefficient (Wildman–Crippen LogP) is 2.98. The Morgan fingerprint density at radius 3 is 2.57 bits per heavy atom. The number of nitrogens with zero attached hydrogens (tertiary/aromatic N) is 1. The zero-order valence-electron chi connectivity index (χ0n) is 12.2. The van der Waals surface area contributed by atoms with Crippen LogP contribution in [0, 0.1) is 6.92 Å². The van der Waals surface area contributed by atoms with Crippen molar-refractivity contribution in [1.29, 1.82) is 0 Å². The molecule has 21 heavy (non-hydrogen) atoms. The van der Waals surface area contributed by atoms with Crippen molar-refractivity contribution in [2.45, 2.75) is 38.8 Å². The number of hydrogen-bond donors (Lipinski definition) is 2. The lowest BCUT2D eigenvalue weighted by molar-refractivity contribution is 0.234. The first kappa shape index (κ1) is 14.1. The second-order valence-corrected chi connectivity index (χ2v) is 6.79. The SMILES string of the molecule is Cc1cnc([C@H](C)NC(=O)NC2Cc3ccccc3C2)s1. The summed E-state index contributed by atoms with van der Waals surface area (Å²) in [7, 11) is 0. The van der Waals surface area contributed by atoms with Crippen LogP contribution in [-0.4, -0.2) is 17.1 Å². The van der Waals surface area contributed by atoms with Gasteiger partial charge in [0.2, 0.25) is 0 Å². The summed E-state index contributed by atoms with van der Waals surface area (Å²) < 4.78 is 0. The van der Waals surface area contributed by atoms with Gasteiger partial charge >= 0.3 is 6.03 Å². The number of urea groups is 1. The summed E-state index contributed by atoms with van der Waals surface area (Å²) >= 11 is 1.62. The lowest BCUT2D eigenvalue weighted by Crippen LogP contribution is -2.43. The normalized spacial score (nSPS) is 15.5. The van der Waals surface area contributed by atoms with E-state index in [1.165, 1.54) is 11.1 Å². The number of carbonyl (C=O) groups excluding carboxylic acids is 1. The van der Waals surface area contributed by atoms with Gasteiger partial charge in [-0.2, -0.15) is 0 Å². The molecule has 2 amide bonds. The van der Waals surface area contributed by atoms with Gasteiger partial charge in [0.05, 0.1) is 6.04 Å². The van der Waals surface area contributed by atoms with Gasteiger partial charge in [0.15, 0.2) is 0 Å². The fourth-order valence-corrected chi connectivity index (χ4v) is 3.50. The molecule has 1 atom stereocenters. The maximum absolute atomic E-state index is 12.1. The summed E-state index contributed by atoms with van der Waals surface area (Å²) in [5, 5.41) is 6.96. The number of amides is 2. The van der Waals surface area contributed by atoms with Crippen LogP contribution in [0.25, 0.3) is 0 Å². The number of carbonyl (C=O) groups is 1. The fraction of sp³-hybridized carbons (Fsp3) is 0.375. The number of nitrogens with one attached hydrogen (secondary N) is 2. The Balaban J connectivity index is 1.54. The van der Waals surface area contributed by atoms with Crippen molar-refractivity contribution in [3.05, 3.63) is 51.5 Å². The van der Waals surface area contributed by atoms with Crippen LogP contribution in [0.5, 0.6) is 0 Å². The highest BCUT2D eigenvalue weighted by Gasteiger charge is 2.23. The maximum Gasteiger partial charge on any atom is 0.315 e. The number of rotatable bonds is 3. The van der Waals surface area contributed by atoms with Crippen LogP contribution >= 0.6 is 11.3 Å². The van der Waals surface area contributed by atoms with E-state index in [1.807, 2.05) is 32.2 Å². The first-order valence-corrected chi connectivity index (χ1v) is 7.99. The second kappa shape index (κ2) is 5.85. The molecule has 0 unspecified atom stereocenters. The van der Waals surface area contributed by atoms with E-state index < -0.39 is 0 Å². The Bertz CT molecular complexity index is 627. The quantitative estimate of drug-likeness (QED) is 0.915. The van der Waals surface area contributed by atoms with Crippen LogP contribution in [0.1, 0.15) is 34.0 Å². The molecule has 0 saturated heterocycles. The summed E-state index contributed by atoms with van der Waals surface area (Å²) in [6.45, 7) is 3.98. The van der Waals surface area contributed by atoms with E-state index in [4.69, 9.17) is 0 Å². The maximum atomic E-state index is 12.1. The molecule has 3 rings (SSSR count). The number of hydrogen-bond acceptors (Lipinski definition) is 3. The predicted molar refractivity (Wildman–Crippen MR) is 84.6 cm³/mol. The van der Waals surface area contributed by atoms with Gasteiger partial charge in [-0.1, -0.05) is 24.3 Å². The third-order valence-corrected chi connectivity index (χ3v) is 4.84. The van der Waals surface area contributed by atoms with E-state index in [2.05, 4.69) is 27.8 Å². The number of aryl methyl sites for hydroxylation is 1. The second-order valence-electron chi connectivity index (χ2n) is 5.52. The van der Waals surface area contributed by atoms with Gasteiger partial charge in [-0.15, -0.1) is 11.3 Å². The van der Waals surface area contributed by atoms with Gasteiger partial charge in [0.25, 0.3) is 0 Å². The third kappa shape index (κ3) is 3.24. The fourth-order valence-electron chi connectivity index (χ4n) is 2.72. The number of aromatic nitrogens is 1. The van der Waals surface area contributed by atoms with E-state index in [0.717, 1.165) is 22.7 Å². The average Bonchev–Trinajstić information content (AvgIpc) is 3.03. The Hall–Kier alpha value is -1.88. The number of fused-ring (bicyclic) bond motifs is 1. The highest BCUT2D eigenvalue weighted by atomic mass is 32.1. The molecule has 0 radical (unpaired) electrons. The first-order valence-electron chi connectivity index (χ1n) is 7.18. The van der Waals surface area contributed by atoms with Crippen LogP contribution < -0.4 is 10.6 Å². The molecule has 5 heteroatoms. The Kier molecular flexibility index (Phi) is 3.92. The van der Waals surface area contributed by atoms with Crippen LogP contribution in [0.2, 0.25) is 0 Å². The summed E-state index contributed by atoms with van der Waals surface area (Å²) in [6, 6.07) is 8.38. The molecule has 1 aromatic heterocycles. The monoisotopic (exact) mass is 301 g/mol. The topological polar surface area (TPSA) is 54.0 Å². The van der Waals surface area contributed by atoms with Crippen molar-refractivity contribution < 1.29 is 4.79 Å². The van der Waals surface area contributed by atoms with Crippen molar-refractivity contribution in [2.24, 2.45) is 0 Å². The molecule has 1 aliphatic rings. The van der Waals surface area contributed by atoms with Gasteiger partial charge < -0.3 is 10.6 Å². The molecule has 0 bridgehead atoms. The van der Waals surface area contributed by atoms with Gasteiger partial charge in [-0.3, -0.25) is 0 Å². The summed E-state index contributed by atoms with van der Waals surface area (Å²) in [5.41, 5.74) is 2.68. The van der Waals surface area contributed by atoms with E-state index >= 15 is 0 Å². The molecule has 0 spiro atoms. The molecule has 1 aromatic carbocycles. The first-order chi connectivity index (χ1) is 10.1. The minimum Gasteiger partial charge on any atom is -0.335 e. The summed E-state index contributed by atoms with van der Waals surface area (Å²) in [6.07, 6.45) is 3.66. The molecule has 0 saturated carbocycles. The summed E-state index contributed by atoms with van der Waals surface area (Å²) in [5.74, 6) is 0. The Labute approximate surface area is 128 Å². The standard InChI is InChI=1S/C16H19N3OS/c1-10-9-17-15(21-10)11(2)18-16(20)19-14-7-12-5-3-4-6-13(12)8-14/h3-6,9,11,14H,7-8H2,1-2H3,(H2,18,19,20)/t11-/m0/s1. The molecule has 1 aliphatic carbocycles. The van der Waals surface area contributed by atoms with Gasteiger partial charge in [-0.05, 0) is 37.8 Å². The molecular weight excluding hydrogens is 282 g/mol.